The number of piperidine rings is 1. The number of sulfone groups is 1. The molecule has 2 rings (SSSR count). The van der Waals surface area contributed by atoms with Crippen LogP contribution < -0.4 is 5.32 Å². The molecule has 0 aliphatic carbocycles. The average molecular weight is 311 g/mol. The Balaban J connectivity index is 1.84. The van der Waals surface area contributed by atoms with Gasteiger partial charge >= 0.3 is 5.97 Å². The average Bonchev–Trinajstić information content (AvgIpc) is 2.48. The van der Waals surface area contributed by atoms with E-state index in [0.29, 0.717) is 0 Å². The molecule has 1 aromatic carbocycles. The summed E-state index contributed by atoms with van der Waals surface area (Å²) in [6, 6.07) is 6.68. The molecule has 0 spiro atoms. The van der Waals surface area contributed by atoms with Crippen LogP contribution in [-0.4, -0.2) is 39.8 Å². The summed E-state index contributed by atoms with van der Waals surface area (Å²) < 4.78 is 29.3. The van der Waals surface area contributed by atoms with E-state index in [-0.39, 0.29) is 29.1 Å². The van der Waals surface area contributed by atoms with Gasteiger partial charge in [-0.1, -0.05) is 17.7 Å². The Hall–Kier alpha value is -1.40. The van der Waals surface area contributed by atoms with E-state index in [4.69, 9.17) is 4.74 Å². The SMILES string of the molecule is Cc1ccc(S(=O)(=O)CCOC(=O)C2CCNCC2)cc1. The van der Waals surface area contributed by atoms with E-state index in [2.05, 4.69) is 5.32 Å². The van der Waals surface area contributed by atoms with Gasteiger partial charge in [-0.05, 0) is 45.0 Å². The van der Waals surface area contributed by atoms with Gasteiger partial charge in [-0.15, -0.1) is 0 Å². The van der Waals surface area contributed by atoms with Crippen LogP contribution in [0.25, 0.3) is 0 Å². The van der Waals surface area contributed by atoms with E-state index in [1.54, 1.807) is 24.3 Å². The minimum absolute atomic E-state index is 0.0844. The molecular formula is C15H21NO4S. The Morgan fingerprint density at radius 3 is 2.48 bits per heavy atom. The third-order valence-corrected chi connectivity index (χ3v) is 5.34. The van der Waals surface area contributed by atoms with Gasteiger partial charge in [-0.25, -0.2) is 8.42 Å². The van der Waals surface area contributed by atoms with E-state index >= 15 is 0 Å². The fraction of sp³-hybridized carbons (Fsp3) is 0.533. The molecular weight excluding hydrogens is 290 g/mol. The zero-order valence-electron chi connectivity index (χ0n) is 12.2. The summed E-state index contributed by atoms with van der Waals surface area (Å²) in [6.07, 6.45) is 1.51. The molecule has 6 heteroatoms. The maximum Gasteiger partial charge on any atom is 0.309 e. The maximum absolute atomic E-state index is 12.1. The molecule has 0 atom stereocenters. The van der Waals surface area contributed by atoms with Crippen molar-refractivity contribution < 1.29 is 17.9 Å². The van der Waals surface area contributed by atoms with Crippen LogP contribution in [0.5, 0.6) is 0 Å². The molecule has 1 N–H and O–H groups in total. The van der Waals surface area contributed by atoms with E-state index < -0.39 is 9.84 Å². The highest BCUT2D eigenvalue weighted by atomic mass is 32.2. The molecule has 1 aliphatic heterocycles. The molecule has 1 saturated heterocycles. The van der Waals surface area contributed by atoms with Crippen molar-refractivity contribution in [2.75, 3.05) is 25.4 Å². The van der Waals surface area contributed by atoms with Gasteiger partial charge in [-0.3, -0.25) is 4.79 Å². The molecule has 0 saturated carbocycles. The van der Waals surface area contributed by atoms with Crippen molar-refractivity contribution in [2.45, 2.75) is 24.7 Å². The third-order valence-electron chi connectivity index (χ3n) is 3.65. The molecule has 0 unspecified atom stereocenters. The van der Waals surface area contributed by atoms with Crippen LogP contribution in [0.3, 0.4) is 0 Å². The smallest absolute Gasteiger partial charge is 0.309 e. The topological polar surface area (TPSA) is 72.5 Å². The Morgan fingerprint density at radius 2 is 1.86 bits per heavy atom. The highest BCUT2D eigenvalue weighted by Gasteiger charge is 2.23. The number of ether oxygens (including phenoxy) is 1. The molecule has 5 nitrogen and oxygen atoms in total. The molecule has 0 amide bonds. The molecule has 1 aliphatic rings. The summed E-state index contributed by atoms with van der Waals surface area (Å²) >= 11 is 0. The molecule has 1 aromatic rings. The van der Waals surface area contributed by atoms with E-state index in [1.165, 1.54) is 0 Å². The molecule has 0 radical (unpaired) electrons. The Kier molecular flexibility index (Phi) is 5.36. The van der Waals surface area contributed by atoms with Gasteiger partial charge in [0, 0.05) is 0 Å². The molecule has 116 valence electrons. The van der Waals surface area contributed by atoms with Crippen molar-refractivity contribution in [2.24, 2.45) is 5.92 Å². The summed E-state index contributed by atoms with van der Waals surface area (Å²) in [6.45, 7) is 3.43. The zero-order valence-corrected chi connectivity index (χ0v) is 13.0. The first-order valence-electron chi connectivity index (χ1n) is 7.16. The number of carbonyl (C=O) groups is 1. The first-order chi connectivity index (χ1) is 9.99. The lowest BCUT2D eigenvalue weighted by Gasteiger charge is -2.20. The van der Waals surface area contributed by atoms with Crippen molar-refractivity contribution in [3.63, 3.8) is 0 Å². The zero-order chi connectivity index (χ0) is 15.3. The first-order valence-corrected chi connectivity index (χ1v) is 8.81. The lowest BCUT2D eigenvalue weighted by molar-refractivity contribution is -0.148. The van der Waals surface area contributed by atoms with Crippen LogP contribution in [0.15, 0.2) is 29.2 Å². The second kappa shape index (κ2) is 7.04. The minimum Gasteiger partial charge on any atom is -0.464 e. The van der Waals surface area contributed by atoms with Gasteiger partial charge in [0.2, 0.25) is 0 Å². The summed E-state index contributed by atoms with van der Waals surface area (Å²) in [4.78, 5) is 12.1. The van der Waals surface area contributed by atoms with Crippen LogP contribution in [0.2, 0.25) is 0 Å². The second-order valence-corrected chi connectivity index (χ2v) is 7.43. The van der Waals surface area contributed by atoms with E-state index in [0.717, 1.165) is 31.5 Å². The lowest BCUT2D eigenvalue weighted by atomic mass is 9.99. The number of hydrogen-bond donors (Lipinski definition) is 1. The minimum atomic E-state index is -3.39. The fourth-order valence-electron chi connectivity index (χ4n) is 2.29. The lowest BCUT2D eigenvalue weighted by Crippen LogP contribution is -2.33. The Morgan fingerprint density at radius 1 is 1.24 bits per heavy atom. The molecule has 0 bridgehead atoms. The number of rotatable bonds is 5. The van der Waals surface area contributed by atoms with Crippen molar-refractivity contribution >= 4 is 15.8 Å². The van der Waals surface area contributed by atoms with E-state index in [1.807, 2.05) is 6.92 Å². The summed E-state index contributed by atoms with van der Waals surface area (Å²) in [5, 5.41) is 3.17. The Labute approximate surface area is 125 Å². The molecule has 1 fully saturated rings. The van der Waals surface area contributed by atoms with Crippen LogP contribution in [-0.2, 0) is 19.4 Å². The molecule has 0 aromatic heterocycles. The largest absolute Gasteiger partial charge is 0.464 e. The third kappa shape index (κ3) is 4.54. The van der Waals surface area contributed by atoms with Crippen molar-refractivity contribution in [1.29, 1.82) is 0 Å². The number of nitrogens with one attached hydrogen (secondary N) is 1. The van der Waals surface area contributed by atoms with Gasteiger partial charge in [0.15, 0.2) is 9.84 Å². The summed E-state index contributed by atoms with van der Waals surface area (Å²) in [5.74, 6) is -0.559. The first kappa shape index (κ1) is 16.0. The number of benzene rings is 1. The van der Waals surface area contributed by atoms with Crippen LogP contribution in [0.1, 0.15) is 18.4 Å². The molecule has 1 heterocycles. The van der Waals surface area contributed by atoms with Gasteiger partial charge in [0.1, 0.15) is 6.61 Å². The Bertz CT molecular complexity index is 574. The van der Waals surface area contributed by atoms with Crippen molar-refractivity contribution in [3.05, 3.63) is 29.8 Å². The van der Waals surface area contributed by atoms with Gasteiger partial charge in [-0.2, -0.15) is 0 Å². The number of esters is 1. The monoisotopic (exact) mass is 311 g/mol. The highest BCUT2D eigenvalue weighted by molar-refractivity contribution is 7.91. The maximum atomic E-state index is 12.1. The summed E-state index contributed by atoms with van der Waals surface area (Å²) in [5.41, 5.74) is 1.01. The van der Waals surface area contributed by atoms with Gasteiger partial charge in [0.05, 0.1) is 16.6 Å². The van der Waals surface area contributed by atoms with Crippen molar-refractivity contribution in [1.82, 2.24) is 5.32 Å². The predicted octanol–water partition coefficient (Wildman–Crippen LogP) is 1.31. The van der Waals surface area contributed by atoms with Crippen LogP contribution >= 0.6 is 0 Å². The number of aryl methyl sites for hydroxylation is 1. The quantitative estimate of drug-likeness (QED) is 0.830. The molecule has 21 heavy (non-hydrogen) atoms. The summed E-state index contributed by atoms with van der Waals surface area (Å²) in [7, 11) is -3.39. The predicted molar refractivity (Wildman–Crippen MR) is 79.8 cm³/mol. The van der Waals surface area contributed by atoms with Gasteiger partial charge in [0.25, 0.3) is 0 Å². The number of carbonyl (C=O) groups excluding carboxylic acids is 1. The van der Waals surface area contributed by atoms with Crippen molar-refractivity contribution in [3.8, 4) is 0 Å². The normalized spacial score (nSPS) is 16.6. The van der Waals surface area contributed by atoms with E-state index in [9.17, 15) is 13.2 Å². The highest BCUT2D eigenvalue weighted by Crippen LogP contribution is 2.15. The fourth-order valence-corrected chi connectivity index (χ4v) is 3.38. The second-order valence-electron chi connectivity index (χ2n) is 5.32. The van der Waals surface area contributed by atoms with Crippen LogP contribution in [0, 0.1) is 12.8 Å². The van der Waals surface area contributed by atoms with Gasteiger partial charge < -0.3 is 10.1 Å². The standard InChI is InChI=1S/C15H21NO4S/c1-12-2-4-14(5-3-12)21(18,19)11-10-20-15(17)13-6-8-16-9-7-13/h2-5,13,16H,6-11H2,1H3. The number of hydrogen-bond acceptors (Lipinski definition) is 5. The van der Waals surface area contributed by atoms with Crippen LogP contribution in [0.4, 0.5) is 0 Å².